The number of ether oxygens (including phenoxy) is 2. The fourth-order valence-corrected chi connectivity index (χ4v) is 2.81. The maximum atomic E-state index is 5.35. The quantitative estimate of drug-likeness (QED) is 0.904. The molecule has 2 rings (SSSR count). The highest BCUT2D eigenvalue weighted by Gasteiger charge is 2.10. The van der Waals surface area contributed by atoms with Crippen LogP contribution >= 0.6 is 15.9 Å². The molecule has 2 aromatic rings. The number of nitrogens with zero attached hydrogens (tertiary/aromatic N) is 1. The van der Waals surface area contributed by atoms with Crippen molar-refractivity contribution in [2.75, 3.05) is 19.6 Å². The highest BCUT2D eigenvalue weighted by atomic mass is 79.9. The van der Waals surface area contributed by atoms with Crippen LogP contribution in [0.15, 0.2) is 28.7 Å². The number of hydrogen-bond donors (Lipinski definition) is 1. The van der Waals surface area contributed by atoms with E-state index in [4.69, 9.17) is 9.47 Å². The predicted octanol–water partition coefficient (Wildman–Crippen LogP) is 3.63. The van der Waals surface area contributed by atoms with Crippen molar-refractivity contribution in [1.29, 1.82) is 0 Å². The Labute approximate surface area is 127 Å². The summed E-state index contributed by atoms with van der Waals surface area (Å²) in [5.41, 5.74) is 6.87. The molecular weight excluding hydrogens is 320 g/mol. The van der Waals surface area contributed by atoms with Crippen LogP contribution in [0.5, 0.6) is 11.5 Å². The van der Waals surface area contributed by atoms with Gasteiger partial charge in [-0.25, -0.2) is 0 Å². The number of hydrogen-bond acceptors (Lipinski definition) is 3. The van der Waals surface area contributed by atoms with Crippen LogP contribution in [0.2, 0.25) is 0 Å². The number of benzene rings is 1. The number of aryl methyl sites for hydroxylation is 2. The van der Waals surface area contributed by atoms with Gasteiger partial charge in [0.05, 0.1) is 25.2 Å². The van der Waals surface area contributed by atoms with E-state index in [0.29, 0.717) is 12.3 Å². The topological polar surface area (TPSA) is 35.4 Å². The second-order valence-electron chi connectivity index (χ2n) is 4.60. The molecule has 0 aliphatic carbocycles. The van der Waals surface area contributed by atoms with E-state index in [1.54, 1.807) is 14.2 Å². The molecule has 0 aliphatic heterocycles. The molecule has 1 N–H and O–H groups in total. The molecule has 1 heterocycles. The van der Waals surface area contributed by atoms with Crippen molar-refractivity contribution in [3.8, 4) is 11.5 Å². The first-order valence-electron chi connectivity index (χ1n) is 6.36. The third kappa shape index (κ3) is 2.93. The maximum absolute atomic E-state index is 5.35. The molecule has 0 amide bonds. The van der Waals surface area contributed by atoms with Gasteiger partial charge in [-0.3, -0.25) is 4.68 Å². The van der Waals surface area contributed by atoms with Crippen LogP contribution < -0.4 is 14.9 Å². The Morgan fingerprint density at radius 3 is 2.30 bits per heavy atom. The molecule has 1 aromatic carbocycles. The fraction of sp³-hybridized carbons (Fsp3) is 0.333. The maximum Gasteiger partial charge on any atom is 0.174 e. The van der Waals surface area contributed by atoms with Gasteiger partial charge in [-0.1, -0.05) is 0 Å². The summed E-state index contributed by atoms with van der Waals surface area (Å²) in [4.78, 5) is 0. The first-order valence-corrected chi connectivity index (χ1v) is 7.15. The van der Waals surface area contributed by atoms with Gasteiger partial charge in [0.25, 0.3) is 0 Å². The van der Waals surface area contributed by atoms with E-state index in [-0.39, 0.29) is 0 Å². The Kier molecular flexibility index (Phi) is 4.60. The minimum Gasteiger partial charge on any atom is -0.493 e. The van der Waals surface area contributed by atoms with Gasteiger partial charge in [-0.15, -0.1) is 0 Å². The van der Waals surface area contributed by atoms with Crippen LogP contribution in [0.3, 0.4) is 0 Å². The Hall–Kier alpha value is -1.62. The average molecular weight is 339 g/mol. The summed E-state index contributed by atoms with van der Waals surface area (Å²) in [5.74, 6) is 1.43. The van der Waals surface area contributed by atoms with Crippen molar-refractivity contribution >= 4 is 15.9 Å². The summed E-state index contributed by atoms with van der Waals surface area (Å²) < 4.78 is 13.6. The molecule has 0 atom stereocenters. The molecule has 0 fully saturated rings. The SMILES string of the molecule is COc1cc(CNn2c(C)ccc2C)cc(Br)c1OC. The van der Waals surface area contributed by atoms with Crippen LogP contribution in [-0.4, -0.2) is 18.9 Å². The van der Waals surface area contributed by atoms with Crippen LogP contribution in [0.1, 0.15) is 17.0 Å². The first kappa shape index (κ1) is 14.8. The third-order valence-corrected chi connectivity index (χ3v) is 3.79. The van der Waals surface area contributed by atoms with E-state index in [2.05, 4.69) is 52.0 Å². The van der Waals surface area contributed by atoms with Crippen molar-refractivity contribution in [3.05, 3.63) is 45.7 Å². The Balaban J connectivity index is 2.20. The Bertz CT molecular complexity index is 589. The van der Waals surface area contributed by atoms with Crippen molar-refractivity contribution < 1.29 is 9.47 Å². The van der Waals surface area contributed by atoms with Crippen molar-refractivity contribution in [1.82, 2.24) is 4.68 Å². The summed E-state index contributed by atoms with van der Waals surface area (Å²) in [6.45, 7) is 4.85. The minimum absolute atomic E-state index is 0.704. The second-order valence-corrected chi connectivity index (χ2v) is 5.45. The fourth-order valence-electron chi connectivity index (χ4n) is 2.16. The normalized spacial score (nSPS) is 10.4. The lowest BCUT2D eigenvalue weighted by Gasteiger charge is -2.15. The molecular formula is C15H19BrN2O2. The lowest BCUT2D eigenvalue weighted by Crippen LogP contribution is -2.17. The van der Waals surface area contributed by atoms with Crippen molar-refractivity contribution in [3.63, 3.8) is 0 Å². The molecule has 4 nitrogen and oxygen atoms in total. The Morgan fingerprint density at radius 2 is 1.75 bits per heavy atom. The van der Waals surface area contributed by atoms with Crippen LogP contribution in [0.25, 0.3) is 0 Å². The van der Waals surface area contributed by atoms with Gasteiger partial charge in [0.2, 0.25) is 0 Å². The molecule has 5 heteroatoms. The third-order valence-electron chi connectivity index (χ3n) is 3.21. The van der Waals surface area contributed by atoms with Gasteiger partial charge in [0.15, 0.2) is 11.5 Å². The molecule has 0 unspecified atom stereocenters. The summed E-state index contributed by atoms with van der Waals surface area (Å²) >= 11 is 3.51. The molecule has 0 saturated heterocycles. The van der Waals surface area contributed by atoms with Crippen molar-refractivity contribution in [2.45, 2.75) is 20.4 Å². The second kappa shape index (κ2) is 6.22. The summed E-state index contributed by atoms with van der Waals surface area (Å²) in [6.07, 6.45) is 0. The lowest BCUT2D eigenvalue weighted by atomic mass is 10.2. The van der Waals surface area contributed by atoms with E-state index >= 15 is 0 Å². The van der Waals surface area contributed by atoms with E-state index in [1.807, 2.05) is 12.1 Å². The molecule has 0 spiro atoms. The van der Waals surface area contributed by atoms with E-state index < -0.39 is 0 Å². The molecule has 20 heavy (non-hydrogen) atoms. The van der Waals surface area contributed by atoms with Gasteiger partial charge < -0.3 is 14.9 Å². The van der Waals surface area contributed by atoms with Gasteiger partial charge >= 0.3 is 0 Å². The van der Waals surface area contributed by atoms with E-state index in [0.717, 1.165) is 15.8 Å². The predicted molar refractivity (Wildman–Crippen MR) is 84.2 cm³/mol. The average Bonchev–Trinajstić information content (AvgIpc) is 2.75. The molecule has 0 saturated carbocycles. The number of halogens is 1. The standard InChI is InChI=1S/C15H19BrN2O2/c1-10-5-6-11(2)18(10)17-9-12-7-13(16)15(20-4)14(8-12)19-3/h5-8,17H,9H2,1-4H3. The van der Waals surface area contributed by atoms with E-state index in [1.165, 1.54) is 11.4 Å². The smallest absolute Gasteiger partial charge is 0.174 e. The number of rotatable bonds is 5. The van der Waals surface area contributed by atoms with Crippen LogP contribution in [0, 0.1) is 13.8 Å². The zero-order valence-electron chi connectivity index (χ0n) is 12.2. The summed E-state index contributed by atoms with van der Waals surface area (Å²) in [5, 5.41) is 0. The minimum atomic E-state index is 0.704. The summed E-state index contributed by atoms with van der Waals surface area (Å²) in [6, 6.07) is 8.19. The lowest BCUT2D eigenvalue weighted by molar-refractivity contribution is 0.352. The van der Waals surface area contributed by atoms with Gasteiger partial charge in [-0.2, -0.15) is 0 Å². The molecule has 0 bridgehead atoms. The Morgan fingerprint density at radius 1 is 1.10 bits per heavy atom. The molecule has 0 radical (unpaired) electrons. The molecule has 1 aromatic heterocycles. The monoisotopic (exact) mass is 338 g/mol. The number of nitrogens with one attached hydrogen (secondary N) is 1. The highest BCUT2D eigenvalue weighted by Crippen LogP contribution is 2.36. The van der Waals surface area contributed by atoms with Crippen LogP contribution in [0.4, 0.5) is 0 Å². The van der Waals surface area contributed by atoms with Gasteiger partial charge in [0.1, 0.15) is 0 Å². The zero-order valence-corrected chi connectivity index (χ0v) is 13.7. The van der Waals surface area contributed by atoms with Gasteiger partial charge in [0, 0.05) is 11.4 Å². The number of aromatic nitrogens is 1. The highest BCUT2D eigenvalue weighted by molar-refractivity contribution is 9.10. The molecule has 0 aliphatic rings. The van der Waals surface area contributed by atoms with Crippen molar-refractivity contribution in [2.24, 2.45) is 0 Å². The van der Waals surface area contributed by atoms with Gasteiger partial charge in [-0.05, 0) is 59.6 Å². The number of methoxy groups -OCH3 is 2. The molecule has 108 valence electrons. The largest absolute Gasteiger partial charge is 0.493 e. The first-order chi connectivity index (χ1) is 9.56. The zero-order chi connectivity index (χ0) is 14.7. The van der Waals surface area contributed by atoms with Crippen LogP contribution in [-0.2, 0) is 6.54 Å². The summed E-state index contributed by atoms with van der Waals surface area (Å²) in [7, 11) is 3.27. The van der Waals surface area contributed by atoms with E-state index in [9.17, 15) is 0 Å².